The average molecular weight is 310 g/mol. The molecule has 0 aromatic carbocycles. The predicted octanol–water partition coefficient (Wildman–Crippen LogP) is 6.85. The maximum Gasteiger partial charge on any atom is 0.0132 e. The number of hydrogen-bond acceptors (Lipinski definition) is 1. The topological polar surface area (TPSA) is 12.0 Å². The Labute approximate surface area is 141 Å². The van der Waals surface area contributed by atoms with Crippen molar-refractivity contribution in [3.63, 3.8) is 0 Å². The Bertz CT molecular complexity index is 264. The number of nitrogens with one attached hydrogen (secondary N) is 1. The summed E-state index contributed by atoms with van der Waals surface area (Å²) in [7, 11) is 0. The summed E-state index contributed by atoms with van der Waals surface area (Å²) in [6.07, 6.45) is 18.7. The molecule has 0 bridgehead atoms. The highest BCUT2D eigenvalue weighted by atomic mass is 15.0. The minimum atomic E-state index is 0.324. The molecule has 0 aromatic heterocycles. The van der Waals surface area contributed by atoms with Crippen LogP contribution >= 0.6 is 0 Å². The van der Waals surface area contributed by atoms with Gasteiger partial charge in [0.2, 0.25) is 0 Å². The van der Waals surface area contributed by atoms with E-state index in [-0.39, 0.29) is 0 Å². The number of rotatable bonds is 11. The van der Waals surface area contributed by atoms with E-state index in [0.29, 0.717) is 11.1 Å². The van der Waals surface area contributed by atoms with Gasteiger partial charge in [0, 0.05) is 11.1 Å². The van der Waals surface area contributed by atoms with Gasteiger partial charge in [-0.1, -0.05) is 77.6 Å². The molecule has 0 spiro atoms. The van der Waals surface area contributed by atoms with Crippen LogP contribution in [0.15, 0.2) is 0 Å². The van der Waals surface area contributed by atoms with Crippen molar-refractivity contribution < 1.29 is 0 Å². The van der Waals surface area contributed by atoms with Gasteiger partial charge in [0.15, 0.2) is 0 Å². The van der Waals surface area contributed by atoms with E-state index in [1.165, 1.54) is 83.5 Å². The lowest BCUT2D eigenvalue weighted by atomic mass is 9.74. The van der Waals surface area contributed by atoms with Gasteiger partial charge in [-0.15, -0.1) is 0 Å². The predicted molar refractivity (Wildman–Crippen MR) is 100 cm³/mol. The van der Waals surface area contributed by atoms with Crippen molar-refractivity contribution in [1.82, 2.24) is 5.32 Å². The molecular formula is C21H43N. The van der Waals surface area contributed by atoms with Gasteiger partial charge in [0.05, 0.1) is 0 Å². The first-order chi connectivity index (χ1) is 10.3. The van der Waals surface area contributed by atoms with E-state index in [1.54, 1.807) is 0 Å². The van der Waals surface area contributed by atoms with Crippen molar-refractivity contribution in [3.05, 3.63) is 0 Å². The van der Waals surface area contributed by atoms with Crippen LogP contribution in [-0.2, 0) is 0 Å². The molecule has 1 aliphatic rings. The monoisotopic (exact) mass is 309 g/mol. The zero-order valence-corrected chi connectivity index (χ0v) is 16.3. The summed E-state index contributed by atoms with van der Waals surface area (Å²) in [5, 5.41) is 3.80. The molecule has 0 aliphatic carbocycles. The van der Waals surface area contributed by atoms with E-state index in [1.807, 2.05) is 0 Å². The molecule has 1 saturated heterocycles. The third-order valence-corrected chi connectivity index (χ3v) is 5.24. The number of hydrogen-bond donors (Lipinski definition) is 1. The molecule has 0 aromatic rings. The second-order valence-electron chi connectivity index (χ2n) is 9.14. The Morgan fingerprint density at radius 1 is 0.682 bits per heavy atom. The van der Waals surface area contributed by atoms with E-state index in [2.05, 4.69) is 39.9 Å². The third kappa shape index (κ3) is 9.18. The summed E-state index contributed by atoms with van der Waals surface area (Å²) < 4.78 is 0. The van der Waals surface area contributed by atoms with E-state index in [0.717, 1.165) is 5.92 Å². The Hall–Kier alpha value is -0.0400. The lowest BCUT2D eigenvalue weighted by Gasteiger charge is -2.46. The fraction of sp³-hybridized carbons (Fsp3) is 1.00. The lowest BCUT2D eigenvalue weighted by molar-refractivity contribution is 0.122. The fourth-order valence-corrected chi connectivity index (χ4v) is 4.66. The molecule has 0 unspecified atom stereocenters. The lowest BCUT2D eigenvalue weighted by Crippen LogP contribution is -2.57. The highest BCUT2D eigenvalue weighted by molar-refractivity contribution is 4.96. The van der Waals surface area contributed by atoms with Crippen LogP contribution in [-0.4, -0.2) is 11.1 Å². The van der Waals surface area contributed by atoms with Crippen LogP contribution in [0.5, 0.6) is 0 Å². The van der Waals surface area contributed by atoms with Crippen LogP contribution in [0, 0.1) is 5.92 Å². The molecule has 1 aliphatic heterocycles. The SMILES string of the molecule is CCCCCCCCCCCCC1CC(C)(C)NC(C)(C)C1. The molecular weight excluding hydrogens is 266 g/mol. The Balaban J connectivity index is 2.00. The van der Waals surface area contributed by atoms with Crippen molar-refractivity contribution >= 4 is 0 Å². The second-order valence-corrected chi connectivity index (χ2v) is 9.14. The summed E-state index contributed by atoms with van der Waals surface area (Å²) in [5.41, 5.74) is 0.649. The first-order valence-electron chi connectivity index (χ1n) is 10.1. The molecule has 1 fully saturated rings. The number of piperidine rings is 1. The highest BCUT2D eigenvalue weighted by Gasteiger charge is 2.36. The first-order valence-corrected chi connectivity index (χ1v) is 10.1. The highest BCUT2D eigenvalue weighted by Crippen LogP contribution is 2.35. The van der Waals surface area contributed by atoms with E-state index >= 15 is 0 Å². The molecule has 0 atom stereocenters. The fourth-order valence-electron chi connectivity index (χ4n) is 4.66. The van der Waals surface area contributed by atoms with Gasteiger partial charge in [-0.25, -0.2) is 0 Å². The van der Waals surface area contributed by atoms with Gasteiger partial charge < -0.3 is 5.32 Å². The molecule has 0 radical (unpaired) electrons. The Morgan fingerprint density at radius 3 is 1.55 bits per heavy atom. The van der Waals surface area contributed by atoms with Crippen LogP contribution in [0.3, 0.4) is 0 Å². The quantitative estimate of drug-likeness (QED) is 0.411. The zero-order chi connectivity index (χ0) is 16.5. The van der Waals surface area contributed by atoms with Crippen molar-refractivity contribution in [2.75, 3.05) is 0 Å². The summed E-state index contributed by atoms with van der Waals surface area (Å²) in [5.74, 6) is 0.931. The van der Waals surface area contributed by atoms with Crippen LogP contribution < -0.4 is 5.32 Å². The normalized spacial score (nSPS) is 21.1. The molecule has 1 rings (SSSR count). The summed E-state index contributed by atoms with van der Waals surface area (Å²) >= 11 is 0. The average Bonchev–Trinajstić information content (AvgIpc) is 2.37. The Morgan fingerprint density at radius 2 is 1.09 bits per heavy atom. The molecule has 1 N–H and O–H groups in total. The minimum absolute atomic E-state index is 0.324. The van der Waals surface area contributed by atoms with E-state index in [9.17, 15) is 0 Å². The third-order valence-electron chi connectivity index (χ3n) is 5.24. The summed E-state index contributed by atoms with van der Waals surface area (Å²) in [6, 6.07) is 0. The number of unbranched alkanes of at least 4 members (excludes halogenated alkanes) is 9. The molecule has 1 heterocycles. The van der Waals surface area contributed by atoms with Gasteiger partial charge in [-0.05, 0) is 46.5 Å². The van der Waals surface area contributed by atoms with Crippen LogP contribution in [0.4, 0.5) is 0 Å². The largest absolute Gasteiger partial charge is 0.307 e. The zero-order valence-electron chi connectivity index (χ0n) is 16.3. The Kier molecular flexibility index (Phi) is 9.05. The standard InChI is InChI=1S/C21H43N/c1-6-7-8-9-10-11-12-13-14-15-16-19-17-20(2,3)22-21(4,5)18-19/h19,22H,6-18H2,1-5H3. The maximum absolute atomic E-state index is 3.80. The molecule has 132 valence electrons. The smallest absolute Gasteiger partial charge is 0.0132 e. The summed E-state index contributed by atoms with van der Waals surface area (Å²) in [6.45, 7) is 11.8. The molecule has 1 heteroatoms. The summed E-state index contributed by atoms with van der Waals surface area (Å²) in [4.78, 5) is 0. The van der Waals surface area contributed by atoms with Gasteiger partial charge in [-0.2, -0.15) is 0 Å². The van der Waals surface area contributed by atoms with Gasteiger partial charge in [0.25, 0.3) is 0 Å². The van der Waals surface area contributed by atoms with Crippen LogP contribution in [0.2, 0.25) is 0 Å². The van der Waals surface area contributed by atoms with Gasteiger partial charge in [-0.3, -0.25) is 0 Å². The molecule has 1 nitrogen and oxygen atoms in total. The molecule has 22 heavy (non-hydrogen) atoms. The van der Waals surface area contributed by atoms with E-state index in [4.69, 9.17) is 0 Å². The van der Waals surface area contributed by atoms with Crippen LogP contribution in [0.25, 0.3) is 0 Å². The minimum Gasteiger partial charge on any atom is -0.307 e. The molecule has 0 saturated carbocycles. The molecule has 0 amide bonds. The maximum atomic E-state index is 3.80. The second kappa shape index (κ2) is 9.96. The van der Waals surface area contributed by atoms with Crippen molar-refractivity contribution in [3.8, 4) is 0 Å². The van der Waals surface area contributed by atoms with Crippen LogP contribution in [0.1, 0.15) is 118 Å². The van der Waals surface area contributed by atoms with Crippen molar-refractivity contribution in [2.24, 2.45) is 5.92 Å². The first kappa shape index (κ1) is 20.0. The van der Waals surface area contributed by atoms with Crippen molar-refractivity contribution in [1.29, 1.82) is 0 Å². The van der Waals surface area contributed by atoms with Gasteiger partial charge in [0.1, 0.15) is 0 Å². The van der Waals surface area contributed by atoms with Gasteiger partial charge >= 0.3 is 0 Å². The van der Waals surface area contributed by atoms with E-state index < -0.39 is 0 Å². The van der Waals surface area contributed by atoms with Crippen molar-refractivity contribution in [2.45, 2.75) is 129 Å².